The van der Waals surface area contributed by atoms with Crippen LogP contribution in [-0.2, 0) is 11.3 Å². The van der Waals surface area contributed by atoms with Gasteiger partial charge in [0, 0.05) is 18.0 Å². The van der Waals surface area contributed by atoms with Crippen molar-refractivity contribution in [3.05, 3.63) is 69.7 Å². The minimum Gasteiger partial charge on any atom is -0.408 e. The van der Waals surface area contributed by atoms with Crippen LogP contribution in [0.4, 0.5) is 0 Å². The lowest BCUT2D eigenvalue weighted by atomic mass is 10.0. The molecule has 0 spiro atoms. The first-order chi connectivity index (χ1) is 13.1. The number of para-hydroxylation sites is 2. The monoisotopic (exact) mass is 384 g/mol. The minimum absolute atomic E-state index is 0.00250. The maximum Gasteiger partial charge on any atom is 0.419 e. The fourth-order valence-electron chi connectivity index (χ4n) is 3.44. The summed E-state index contributed by atoms with van der Waals surface area (Å²) >= 11 is 5.97. The lowest BCUT2D eigenvalue weighted by molar-refractivity contribution is -0.122. The van der Waals surface area contributed by atoms with Crippen LogP contribution in [0.1, 0.15) is 37.3 Å². The number of hydrogen-bond acceptors (Lipinski definition) is 3. The van der Waals surface area contributed by atoms with Gasteiger partial charge in [0.2, 0.25) is 5.91 Å². The number of nitrogens with zero attached hydrogens (tertiary/aromatic N) is 1. The molecule has 0 bridgehead atoms. The summed E-state index contributed by atoms with van der Waals surface area (Å²) < 4.78 is 6.81. The molecule has 3 aromatic rings. The quantitative estimate of drug-likeness (QED) is 0.660. The van der Waals surface area contributed by atoms with E-state index in [2.05, 4.69) is 5.32 Å². The molecule has 1 amide bonds. The van der Waals surface area contributed by atoms with E-state index in [9.17, 15) is 9.59 Å². The molecule has 1 aromatic heterocycles. The molecule has 1 atom stereocenters. The van der Waals surface area contributed by atoms with Gasteiger partial charge in [0.25, 0.3) is 0 Å². The molecule has 0 saturated heterocycles. The number of oxazole rings is 1. The molecule has 27 heavy (non-hydrogen) atoms. The largest absolute Gasteiger partial charge is 0.419 e. The van der Waals surface area contributed by atoms with Gasteiger partial charge < -0.3 is 9.73 Å². The van der Waals surface area contributed by atoms with Gasteiger partial charge in [-0.05, 0) is 55.0 Å². The molecule has 1 fully saturated rings. The third kappa shape index (κ3) is 4.08. The smallest absolute Gasteiger partial charge is 0.408 e. The Kier molecular flexibility index (Phi) is 5.03. The van der Waals surface area contributed by atoms with Crippen LogP contribution in [0.15, 0.2) is 57.7 Å². The Hall–Kier alpha value is -2.53. The van der Waals surface area contributed by atoms with Crippen LogP contribution < -0.4 is 11.1 Å². The number of carbonyl (C=O) groups is 1. The number of fused-ring (bicyclic) bond motifs is 1. The van der Waals surface area contributed by atoms with Crippen molar-refractivity contribution in [2.24, 2.45) is 5.92 Å². The summed E-state index contributed by atoms with van der Waals surface area (Å²) in [7, 11) is 0. The highest BCUT2D eigenvalue weighted by atomic mass is 35.5. The number of hydrogen-bond donors (Lipinski definition) is 1. The number of carbonyl (C=O) groups excluding carboxylic acids is 1. The van der Waals surface area contributed by atoms with Gasteiger partial charge in [-0.1, -0.05) is 35.9 Å². The van der Waals surface area contributed by atoms with E-state index in [-0.39, 0.29) is 17.7 Å². The van der Waals surface area contributed by atoms with E-state index in [4.69, 9.17) is 16.0 Å². The topological polar surface area (TPSA) is 64.2 Å². The molecule has 1 heterocycles. The molecule has 1 aliphatic carbocycles. The Balaban J connectivity index is 1.36. The normalized spacial score (nSPS) is 15.0. The van der Waals surface area contributed by atoms with Crippen molar-refractivity contribution in [1.82, 2.24) is 9.88 Å². The third-order valence-corrected chi connectivity index (χ3v) is 5.25. The molecule has 1 N–H and O–H groups in total. The van der Waals surface area contributed by atoms with E-state index < -0.39 is 0 Å². The van der Waals surface area contributed by atoms with Crippen LogP contribution in [-0.4, -0.2) is 10.5 Å². The minimum atomic E-state index is -0.381. The van der Waals surface area contributed by atoms with E-state index >= 15 is 0 Å². The van der Waals surface area contributed by atoms with Crippen molar-refractivity contribution in [2.45, 2.75) is 38.3 Å². The highest BCUT2D eigenvalue weighted by Gasteiger charge is 2.33. The van der Waals surface area contributed by atoms with Gasteiger partial charge in [-0.2, -0.15) is 0 Å². The predicted molar refractivity (Wildman–Crippen MR) is 105 cm³/mol. The molecule has 1 saturated carbocycles. The molecule has 0 aliphatic heterocycles. The Labute approximate surface area is 161 Å². The Morgan fingerprint density at radius 2 is 1.93 bits per heavy atom. The molecule has 6 heteroatoms. The highest BCUT2D eigenvalue weighted by molar-refractivity contribution is 6.30. The summed E-state index contributed by atoms with van der Waals surface area (Å²) in [6.07, 6.45) is 3.20. The summed E-state index contributed by atoms with van der Waals surface area (Å²) in [6.45, 7) is 0.457. The van der Waals surface area contributed by atoms with Crippen LogP contribution in [0.5, 0.6) is 0 Å². The van der Waals surface area contributed by atoms with E-state index in [0.717, 1.165) is 23.9 Å². The summed E-state index contributed by atoms with van der Waals surface area (Å²) in [4.78, 5) is 24.4. The highest BCUT2D eigenvalue weighted by Crippen LogP contribution is 2.41. The van der Waals surface area contributed by atoms with Gasteiger partial charge in [-0.25, -0.2) is 4.79 Å². The van der Waals surface area contributed by atoms with Gasteiger partial charge >= 0.3 is 5.76 Å². The van der Waals surface area contributed by atoms with Crippen LogP contribution in [0.2, 0.25) is 5.02 Å². The summed E-state index contributed by atoms with van der Waals surface area (Å²) in [5.41, 5.74) is 2.43. The van der Waals surface area contributed by atoms with Crippen molar-refractivity contribution in [3.8, 4) is 0 Å². The van der Waals surface area contributed by atoms with Gasteiger partial charge in [0.1, 0.15) is 0 Å². The molecule has 140 valence electrons. The average molecular weight is 385 g/mol. The molecule has 1 aliphatic rings. The van der Waals surface area contributed by atoms with E-state index in [0.29, 0.717) is 35.9 Å². The zero-order chi connectivity index (χ0) is 18.8. The Morgan fingerprint density at radius 1 is 1.19 bits per heavy atom. The zero-order valence-corrected chi connectivity index (χ0v) is 15.6. The van der Waals surface area contributed by atoms with Gasteiger partial charge in [-0.15, -0.1) is 0 Å². The fraction of sp³-hybridized carbons (Fsp3) is 0.333. The number of aryl methyl sites for hydroxylation is 1. The molecule has 2 aromatic carbocycles. The summed E-state index contributed by atoms with van der Waals surface area (Å²) in [6, 6.07) is 15.0. The SMILES string of the molecule is O=C(CCCn1c(=O)oc2ccccc21)N[C@@H](c1ccc(Cl)cc1)C1CC1. The third-order valence-electron chi connectivity index (χ3n) is 5.00. The summed E-state index contributed by atoms with van der Waals surface area (Å²) in [5, 5.41) is 3.85. The van der Waals surface area contributed by atoms with Crippen molar-refractivity contribution >= 4 is 28.6 Å². The second-order valence-electron chi connectivity index (χ2n) is 7.03. The molecule has 5 nitrogen and oxygen atoms in total. The van der Waals surface area contributed by atoms with Crippen molar-refractivity contribution in [2.75, 3.05) is 0 Å². The second kappa shape index (κ2) is 7.61. The number of rotatable bonds is 7. The Morgan fingerprint density at radius 3 is 2.67 bits per heavy atom. The van der Waals surface area contributed by atoms with Crippen molar-refractivity contribution < 1.29 is 9.21 Å². The Bertz CT molecular complexity index is 1000. The first-order valence-electron chi connectivity index (χ1n) is 9.25. The number of amides is 1. The first-order valence-corrected chi connectivity index (χ1v) is 9.63. The van der Waals surface area contributed by atoms with Gasteiger partial charge in [0.15, 0.2) is 5.58 Å². The zero-order valence-electron chi connectivity index (χ0n) is 14.9. The van der Waals surface area contributed by atoms with Crippen LogP contribution in [0.25, 0.3) is 11.1 Å². The maximum atomic E-state index is 12.5. The second-order valence-corrected chi connectivity index (χ2v) is 7.46. The average Bonchev–Trinajstić information content (AvgIpc) is 3.45. The van der Waals surface area contributed by atoms with E-state index in [1.807, 2.05) is 42.5 Å². The van der Waals surface area contributed by atoms with Gasteiger partial charge in [-0.3, -0.25) is 9.36 Å². The molecular formula is C21H21ClN2O3. The van der Waals surface area contributed by atoms with Gasteiger partial charge in [0.05, 0.1) is 11.6 Å². The van der Waals surface area contributed by atoms with Crippen molar-refractivity contribution in [1.29, 1.82) is 0 Å². The number of benzene rings is 2. The predicted octanol–water partition coefficient (Wildman–Crippen LogP) is 4.30. The first kappa shape index (κ1) is 17.9. The van der Waals surface area contributed by atoms with Crippen LogP contribution >= 0.6 is 11.6 Å². The molecule has 0 unspecified atom stereocenters. The number of halogens is 1. The lowest BCUT2D eigenvalue weighted by Crippen LogP contribution is -2.30. The standard InChI is InChI=1S/C21H21ClN2O3/c22-16-11-9-15(10-12-16)20(14-7-8-14)23-19(25)6-3-13-24-17-4-1-2-5-18(17)27-21(24)26/h1-2,4-5,9-12,14,20H,3,6-8,13H2,(H,23,25)/t20-/m1/s1. The molecular weight excluding hydrogens is 364 g/mol. The van der Waals surface area contributed by atoms with Crippen molar-refractivity contribution in [3.63, 3.8) is 0 Å². The van der Waals surface area contributed by atoms with E-state index in [1.54, 1.807) is 10.6 Å². The fourth-order valence-corrected chi connectivity index (χ4v) is 3.57. The summed E-state index contributed by atoms with van der Waals surface area (Å²) in [5.74, 6) is 0.117. The molecule has 0 radical (unpaired) electrons. The van der Waals surface area contributed by atoms with E-state index in [1.165, 1.54) is 0 Å². The number of nitrogens with one attached hydrogen (secondary N) is 1. The lowest BCUT2D eigenvalue weighted by Gasteiger charge is -2.19. The van der Waals surface area contributed by atoms with Crippen LogP contribution in [0, 0.1) is 5.92 Å². The molecule has 4 rings (SSSR count). The van der Waals surface area contributed by atoms with Crippen LogP contribution in [0.3, 0.4) is 0 Å². The maximum absolute atomic E-state index is 12.5. The number of aromatic nitrogens is 1.